The molecule has 2 aliphatic carbocycles. The molecule has 0 atom stereocenters. The van der Waals surface area contributed by atoms with Gasteiger partial charge in [0, 0.05) is 58.6 Å². The first kappa shape index (κ1) is 32.3. The minimum absolute atomic E-state index is 0.0841. The summed E-state index contributed by atoms with van der Waals surface area (Å²) in [7, 11) is 1.54. The maximum absolute atomic E-state index is 14.0. The number of carbonyl (C=O) groups excluding carboxylic acids is 3. The van der Waals surface area contributed by atoms with E-state index in [2.05, 4.69) is 60.8 Å². The SMILES string of the molecule is CCCN1C2=C(C(=O)CC(C)(C)C2)C(c2cc(Br)c(OCC(=O)Nc3ccc(Cl)cc3)c(OC)c2)C2=C1CC(C)(C)CC2=O. The number of carbonyl (C=O) groups is 3. The van der Waals surface area contributed by atoms with Crippen LogP contribution >= 0.6 is 27.5 Å². The molecule has 5 rings (SSSR count). The van der Waals surface area contributed by atoms with Crippen LogP contribution in [0.5, 0.6) is 11.5 Å². The molecule has 0 fully saturated rings. The summed E-state index contributed by atoms with van der Waals surface area (Å²) in [6.45, 7) is 11.2. The number of benzene rings is 2. The Kier molecular flexibility index (Phi) is 9.07. The lowest BCUT2D eigenvalue weighted by Gasteiger charge is -2.49. The van der Waals surface area contributed by atoms with Gasteiger partial charge in [-0.1, -0.05) is 46.2 Å². The Morgan fingerprint density at radius 1 is 0.977 bits per heavy atom. The zero-order chi connectivity index (χ0) is 32.0. The maximum atomic E-state index is 14.0. The van der Waals surface area contributed by atoms with Crippen molar-refractivity contribution in [1.29, 1.82) is 0 Å². The number of methoxy groups -OCH3 is 1. The minimum Gasteiger partial charge on any atom is -0.493 e. The van der Waals surface area contributed by atoms with E-state index in [0.29, 0.717) is 39.5 Å². The molecule has 234 valence electrons. The van der Waals surface area contributed by atoms with E-state index in [1.165, 1.54) is 7.11 Å². The first-order valence-corrected chi connectivity index (χ1v) is 16.3. The third-order valence-corrected chi connectivity index (χ3v) is 9.37. The average Bonchev–Trinajstić information content (AvgIpc) is 2.92. The molecular formula is C35H40BrClN2O5. The number of nitrogens with zero attached hydrogens (tertiary/aromatic N) is 1. The molecule has 2 aromatic carbocycles. The number of rotatable bonds is 8. The highest BCUT2D eigenvalue weighted by atomic mass is 79.9. The predicted molar refractivity (Wildman–Crippen MR) is 176 cm³/mol. The van der Waals surface area contributed by atoms with Crippen molar-refractivity contribution in [2.75, 3.05) is 25.6 Å². The lowest BCUT2D eigenvalue weighted by atomic mass is 9.63. The minimum atomic E-state index is -0.507. The Balaban J connectivity index is 1.56. The number of nitrogens with one attached hydrogen (secondary N) is 1. The van der Waals surface area contributed by atoms with Crippen molar-refractivity contribution in [1.82, 2.24) is 4.90 Å². The van der Waals surface area contributed by atoms with Gasteiger partial charge in [-0.05, 0) is 88.0 Å². The number of ketones is 2. The normalized spacial score (nSPS) is 19.5. The second-order valence-corrected chi connectivity index (χ2v) is 14.9. The number of hydrogen-bond donors (Lipinski definition) is 1. The summed E-state index contributed by atoms with van der Waals surface area (Å²) in [5, 5.41) is 3.36. The number of Topliss-reactive ketones (excluding diaryl/α,β-unsaturated/α-hetero) is 2. The molecule has 0 spiro atoms. The monoisotopic (exact) mass is 682 g/mol. The van der Waals surface area contributed by atoms with E-state index in [4.69, 9.17) is 21.1 Å². The van der Waals surface area contributed by atoms with Crippen LogP contribution in [-0.2, 0) is 14.4 Å². The molecule has 0 aromatic heterocycles. The van der Waals surface area contributed by atoms with Crippen molar-refractivity contribution >= 4 is 50.7 Å². The number of ether oxygens (including phenoxy) is 2. The van der Waals surface area contributed by atoms with Crippen molar-refractivity contribution in [2.45, 2.75) is 72.6 Å². The first-order valence-electron chi connectivity index (χ1n) is 15.1. The number of allylic oxidation sites excluding steroid dienone is 4. The van der Waals surface area contributed by atoms with E-state index in [1.807, 2.05) is 12.1 Å². The Morgan fingerprint density at radius 3 is 2.07 bits per heavy atom. The standard InChI is InChI=1S/C35H40BrClN2O5/c1-7-12-39-24-15-34(2,3)17-26(40)31(24)30(32-25(39)16-35(4,5)18-27(32)41)20-13-23(36)33(28(14-20)43-6)44-19-29(42)38-22-10-8-21(37)9-11-22/h8-11,13-14,30H,7,12,15-19H2,1-6H3,(H,38,42). The van der Waals surface area contributed by atoms with E-state index >= 15 is 0 Å². The van der Waals surface area contributed by atoms with Crippen molar-refractivity contribution in [3.8, 4) is 11.5 Å². The molecule has 0 unspecified atom stereocenters. The number of hydrogen-bond acceptors (Lipinski definition) is 6. The van der Waals surface area contributed by atoms with Gasteiger partial charge in [-0.2, -0.15) is 0 Å². The molecule has 44 heavy (non-hydrogen) atoms. The highest BCUT2D eigenvalue weighted by Gasteiger charge is 2.49. The summed E-state index contributed by atoms with van der Waals surface area (Å²) in [5.41, 5.74) is 4.54. The molecule has 7 nitrogen and oxygen atoms in total. The van der Waals surface area contributed by atoms with E-state index < -0.39 is 5.92 Å². The number of anilines is 1. The van der Waals surface area contributed by atoms with Crippen LogP contribution in [0.4, 0.5) is 5.69 Å². The second kappa shape index (κ2) is 12.4. The molecule has 3 aliphatic rings. The van der Waals surface area contributed by atoms with Gasteiger partial charge in [0.1, 0.15) is 0 Å². The fourth-order valence-electron chi connectivity index (χ4n) is 6.79. The first-order chi connectivity index (χ1) is 20.7. The molecule has 1 heterocycles. The summed E-state index contributed by atoms with van der Waals surface area (Å²) in [4.78, 5) is 43.0. The van der Waals surface area contributed by atoms with Crippen LogP contribution in [0.1, 0.15) is 78.2 Å². The zero-order valence-corrected chi connectivity index (χ0v) is 28.6. The van der Waals surface area contributed by atoms with Crippen molar-refractivity contribution in [3.05, 3.63) is 74.0 Å². The number of amides is 1. The summed E-state index contributed by atoms with van der Waals surface area (Å²) in [6.07, 6.45) is 3.27. The maximum Gasteiger partial charge on any atom is 0.262 e. The van der Waals surface area contributed by atoms with Gasteiger partial charge in [-0.25, -0.2) is 0 Å². The summed E-state index contributed by atoms with van der Waals surface area (Å²) in [5.74, 6) is 0.0844. The van der Waals surface area contributed by atoms with Gasteiger partial charge >= 0.3 is 0 Å². The van der Waals surface area contributed by atoms with Gasteiger partial charge in [-0.3, -0.25) is 14.4 Å². The lowest BCUT2D eigenvalue weighted by molar-refractivity contribution is -0.120. The number of halogens is 2. The average molecular weight is 684 g/mol. The molecule has 0 saturated carbocycles. The predicted octanol–water partition coefficient (Wildman–Crippen LogP) is 8.22. The van der Waals surface area contributed by atoms with Gasteiger partial charge < -0.3 is 19.7 Å². The highest BCUT2D eigenvalue weighted by Crippen LogP contribution is 2.55. The van der Waals surface area contributed by atoms with Crippen LogP contribution in [0, 0.1) is 10.8 Å². The smallest absolute Gasteiger partial charge is 0.262 e. The highest BCUT2D eigenvalue weighted by molar-refractivity contribution is 9.10. The Morgan fingerprint density at radius 2 is 1.55 bits per heavy atom. The van der Waals surface area contributed by atoms with E-state index in [9.17, 15) is 14.4 Å². The van der Waals surface area contributed by atoms with Crippen LogP contribution in [0.15, 0.2) is 63.4 Å². The summed E-state index contributed by atoms with van der Waals surface area (Å²) in [6, 6.07) is 10.5. The largest absolute Gasteiger partial charge is 0.493 e. The summed E-state index contributed by atoms with van der Waals surface area (Å²) < 4.78 is 12.3. The van der Waals surface area contributed by atoms with Gasteiger partial charge in [0.25, 0.3) is 5.91 Å². The topological polar surface area (TPSA) is 84.9 Å². The molecule has 0 bridgehead atoms. The molecular weight excluding hydrogens is 644 g/mol. The molecule has 1 aliphatic heterocycles. The molecule has 1 amide bonds. The van der Waals surface area contributed by atoms with Gasteiger partial charge in [0.2, 0.25) is 0 Å². The molecule has 9 heteroatoms. The Hall–Kier alpha value is -3.10. The molecule has 0 radical (unpaired) electrons. The van der Waals surface area contributed by atoms with Crippen LogP contribution in [-0.4, -0.2) is 42.6 Å². The zero-order valence-electron chi connectivity index (χ0n) is 26.2. The van der Waals surface area contributed by atoms with E-state index in [0.717, 1.165) is 53.9 Å². The van der Waals surface area contributed by atoms with Crippen molar-refractivity contribution in [2.24, 2.45) is 10.8 Å². The van der Waals surface area contributed by atoms with Gasteiger partial charge in [0.15, 0.2) is 29.7 Å². The van der Waals surface area contributed by atoms with Crippen molar-refractivity contribution < 1.29 is 23.9 Å². The van der Waals surface area contributed by atoms with Gasteiger partial charge in [0.05, 0.1) is 11.6 Å². The molecule has 0 saturated heterocycles. The van der Waals surface area contributed by atoms with Crippen LogP contribution in [0.3, 0.4) is 0 Å². The second-order valence-electron chi connectivity index (χ2n) is 13.6. The quantitative estimate of drug-likeness (QED) is 0.302. The van der Waals surface area contributed by atoms with E-state index in [-0.39, 0.29) is 34.9 Å². The lowest BCUT2D eigenvalue weighted by Crippen LogP contribution is -2.44. The van der Waals surface area contributed by atoms with Crippen LogP contribution in [0.25, 0.3) is 0 Å². The van der Waals surface area contributed by atoms with Crippen LogP contribution in [0.2, 0.25) is 5.02 Å². The van der Waals surface area contributed by atoms with E-state index in [1.54, 1.807) is 24.3 Å². The fourth-order valence-corrected chi connectivity index (χ4v) is 7.49. The Labute approximate surface area is 273 Å². The Bertz CT molecular complexity index is 1520. The molecule has 1 N–H and O–H groups in total. The fraction of sp³-hybridized carbons (Fsp3) is 0.457. The summed E-state index contributed by atoms with van der Waals surface area (Å²) >= 11 is 9.59. The van der Waals surface area contributed by atoms with Gasteiger partial charge in [-0.15, -0.1) is 0 Å². The molecule has 2 aromatic rings. The van der Waals surface area contributed by atoms with Crippen molar-refractivity contribution in [3.63, 3.8) is 0 Å². The third-order valence-electron chi connectivity index (χ3n) is 8.53. The van der Waals surface area contributed by atoms with Crippen LogP contribution < -0.4 is 14.8 Å². The third kappa shape index (κ3) is 6.47.